The lowest BCUT2D eigenvalue weighted by Crippen LogP contribution is -2.43. The average molecular weight is 602 g/mol. The SMILES string of the molecule is CN(CCN)c1nc(OC[C@@]23CCCN2C[C@H](F)C3)nc2c(F)c(-c3ccc(F)c4sc(N)c(C#N)c34)c(Cl)cc12. The van der Waals surface area contributed by atoms with Crippen LogP contribution in [0.1, 0.15) is 24.8 Å². The van der Waals surface area contributed by atoms with Gasteiger partial charge in [0.05, 0.1) is 20.8 Å². The second-order valence-corrected chi connectivity index (χ2v) is 12.1. The Kier molecular flexibility index (Phi) is 7.10. The Balaban J connectivity index is 1.52. The standard InChI is InChI=1S/C28H27ClF3N7OS/c1-38(8-6-33)26-16-9-18(29)21(15-3-4-19(31)24-20(15)17(11-34)25(35)41-24)22(32)23(16)36-27(37-26)40-13-28-5-2-7-39(28)12-14(30)10-28/h3-4,9,14H,2,5-8,10,12-13,33,35H2,1H3/t14-,28+/m1/s1. The van der Waals surface area contributed by atoms with Gasteiger partial charge in [0.15, 0.2) is 5.82 Å². The van der Waals surface area contributed by atoms with Crippen LogP contribution in [0.4, 0.5) is 24.0 Å². The summed E-state index contributed by atoms with van der Waals surface area (Å²) in [6.45, 7) is 2.05. The number of halogens is 4. The lowest BCUT2D eigenvalue weighted by Gasteiger charge is -2.31. The number of hydrogen-bond acceptors (Lipinski definition) is 9. The molecule has 2 aliphatic rings. The molecule has 8 nitrogen and oxygen atoms in total. The summed E-state index contributed by atoms with van der Waals surface area (Å²) >= 11 is 7.60. The molecule has 0 unspecified atom stereocenters. The number of nitrogen functional groups attached to an aromatic ring is 1. The van der Waals surface area contributed by atoms with Crippen molar-refractivity contribution < 1.29 is 17.9 Å². The molecule has 0 saturated carbocycles. The number of benzene rings is 2. The van der Waals surface area contributed by atoms with Crippen LogP contribution in [0, 0.1) is 23.0 Å². The zero-order valence-electron chi connectivity index (χ0n) is 22.2. The van der Waals surface area contributed by atoms with Gasteiger partial charge in [0.2, 0.25) is 0 Å². The van der Waals surface area contributed by atoms with Crippen LogP contribution < -0.4 is 21.1 Å². The molecule has 0 amide bonds. The van der Waals surface area contributed by atoms with Gasteiger partial charge in [-0.15, -0.1) is 11.3 Å². The molecule has 2 atom stereocenters. The summed E-state index contributed by atoms with van der Waals surface area (Å²) in [5.74, 6) is -1.00. The van der Waals surface area contributed by atoms with E-state index in [0.29, 0.717) is 37.3 Å². The second kappa shape index (κ2) is 10.5. The molecule has 0 aliphatic carbocycles. The van der Waals surface area contributed by atoms with Crippen LogP contribution in [0.15, 0.2) is 18.2 Å². The summed E-state index contributed by atoms with van der Waals surface area (Å²) in [6.07, 6.45) is 1.17. The van der Waals surface area contributed by atoms with E-state index in [1.807, 2.05) is 6.07 Å². The van der Waals surface area contributed by atoms with Crippen LogP contribution >= 0.6 is 22.9 Å². The zero-order chi connectivity index (χ0) is 29.1. The number of aromatic nitrogens is 2. The lowest BCUT2D eigenvalue weighted by atomic mass is 9.95. The maximum absolute atomic E-state index is 16.6. The van der Waals surface area contributed by atoms with Gasteiger partial charge in [-0.25, -0.2) is 13.2 Å². The van der Waals surface area contributed by atoms with E-state index in [9.17, 15) is 14.0 Å². The number of nitriles is 1. The van der Waals surface area contributed by atoms with E-state index in [2.05, 4.69) is 14.9 Å². The van der Waals surface area contributed by atoms with E-state index < -0.39 is 23.3 Å². The molecule has 0 radical (unpaired) electrons. The zero-order valence-corrected chi connectivity index (χ0v) is 23.8. The van der Waals surface area contributed by atoms with Crippen LogP contribution in [-0.4, -0.2) is 66.4 Å². The number of likely N-dealkylation sites (N-methyl/N-ethyl adjacent to an activating group) is 1. The van der Waals surface area contributed by atoms with Gasteiger partial charge in [-0.2, -0.15) is 15.2 Å². The molecule has 2 aromatic carbocycles. The van der Waals surface area contributed by atoms with Gasteiger partial charge in [0, 0.05) is 49.4 Å². The van der Waals surface area contributed by atoms with Crippen molar-refractivity contribution in [2.45, 2.75) is 31.0 Å². The van der Waals surface area contributed by atoms with Crippen LogP contribution in [0.5, 0.6) is 6.01 Å². The molecule has 2 saturated heterocycles. The first kappa shape index (κ1) is 27.8. The number of nitrogens with zero attached hydrogens (tertiary/aromatic N) is 5. The van der Waals surface area contributed by atoms with Gasteiger partial charge in [-0.1, -0.05) is 17.7 Å². The number of alkyl halides is 1. The van der Waals surface area contributed by atoms with Crippen molar-refractivity contribution in [3.05, 3.63) is 40.4 Å². The molecular weight excluding hydrogens is 575 g/mol. The Labute approximate surface area is 243 Å². The fourth-order valence-electron chi connectivity index (χ4n) is 6.22. The molecule has 13 heteroatoms. The highest BCUT2D eigenvalue weighted by molar-refractivity contribution is 7.23. The third-order valence-electron chi connectivity index (χ3n) is 8.10. The van der Waals surface area contributed by atoms with Gasteiger partial charge in [-0.3, -0.25) is 4.90 Å². The molecule has 214 valence electrons. The minimum Gasteiger partial charge on any atom is -0.461 e. The van der Waals surface area contributed by atoms with Crippen LogP contribution in [0.25, 0.3) is 32.1 Å². The highest BCUT2D eigenvalue weighted by Crippen LogP contribution is 2.46. The first-order chi connectivity index (χ1) is 19.7. The molecule has 2 fully saturated rings. The topological polar surface area (TPSA) is 117 Å². The molecule has 2 aliphatic heterocycles. The van der Waals surface area contributed by atoms with E-state index in [4.69, 9.17) is 27.8 Å². The van der Waals surface area contributed by atoms with E-state index >= 15 is 4.39 Å². The summed E-state index contributed by atoms with van der Waals surface area (Å²) in [7, 11) is 1.76. The average Bonchev–Trinajstić information content (AvgIpc) is 3.58. The van der Waals surface area contributed by atoms with Gasteiger partial charge < -0.3 is 21.1 Å². The normalized spacial score (nSPS) is 20.6. The Bertz CT molecular complexity index is 1730. The maximum Gasteiger partial charge on any atom is 0.319 e. The maximum atomic E-state index is 16.6. The highest BCUT2D eigenvalue weighted by Gasteiger charge is 2.49. The lowest BCUT2D eigenvalue weighted by molar-refractivity contribution is 0.107. The number of fused-ring (bicyclic) bond motifs is 3. The predicted octanol–water partition coefficient (Wildman–Crippen LogP) is 5.25. The largest absolute Gasteiger partial charge is 0.461 e. The van der Waals surface area contributed by atoms with Gasteiger partial charge in [-0.05, 0) is 37.1 Å². The molecule has 0 spiro atoms. The van der Waals surface area contributed by atoms with Crippen LogP contribution in [0.2, 0.25) is 5.02 Å². The first-order valence-electron chi connectivity index (χ1n) is 13.2. The summed E-state index contributed by atoms with van der Waals surface area (Å²) in [4.78, 5) is 12.9. The molecule has 6 rings (SSSR count). The summed E-state index contributed by atoms with van der Waals surface area (Å²) in [5, 5.41) is 10.4. The number of thiophene rings is 1. The number of anilines is 2. The van der Waals surface area contributed by atoms with E-state index in [-0.39, 0.29) is 54.9 Å². The number of nitrogens with two attached hydrogens (primary N) is 2. The van der Waals surface area contributed by atoms with Crippen LogP contribution in [0.3, 0.4) is 0 Å². The van der Waals surface area contributed by atoms with Crippen molar-refractivity contribution in [3.63, 3.8) is 0 Å². The minimum absolute atomic E-state index is 0.0247. The summed E-state index contributed by atoms with van der Waals surface area (Å²) in [5.41, 5.74) is 11.5. The van der Waals surface area contributed by atoms with E-state index in [1.54, 1.807) is 18.0 Å². The molecule has 4 N–H and O–H groups in total. The Hall–Kier alpha value is -3.37. The van der Waals surface area contributed by atoms with Gasteiger partial charge >= 0.3 is 6.01 Å². The summed E-state index contributed by atoms with van der Waals surface area (Å²) < 4.78 is 51.8. The molecule has 4 heterocycles. The molecular formula is C28H27ClF3N7OS. The predicted molar refractivity (Wildman–Crippen MR) is 155 cm³/mol. The molecule has 41 heavy (non-hydrogen) atoms. The van der Waals surface area contributed by atoms with Crippen molar-refractivity contribution in [1.29, 1.82) is 5.26 Å². The Morgan fingerprint density at radius 2 is 2.15 bits per heavy atom. The molecule has 4 aromatic rings. The number of ether oxygens (including phenoxy) is 1. The molecule has 2 aromatic heterocycles. The van der Waals surface area contributed by atoms with E-state index in [1.165, 1.54) is 12.1 Å². The smallest absolute Gasteiger partial charge is 0.319 e. The van der Waals surface area contributed by atoms with Crippen molar-refractivity contribution in [2.24, 2.45) is 5.73 Å². The van der Waals surface area contributed by atoms with Crippen molar-refractivity contribution in [1.82, 2.24) is 14.9 Å². The van der Waals surface area contributed by atoms with Crippen molar-refractivity contribution in [3.8, 4) is 23.2 Å². The Morgan fingerprint density at radius 1 is 1.34 bits per heavy atom. The number of hydrogen-bond donors (Lipinski definition) is 2. The first-order valence-corrected chi connectivity index (χ1v) is 14.4. The van der Waals surface area contributed by atoms with Gasteiger partial charge in [0.1, 0.15) is 41.0 Å². The summed E-state index contributed by atoms with van der Waals surface area (Å²) in [6, 6.07) is 6.05. The van der Waals surface area contributed by atoms with Crippen molar-refractivity contribution >= 4 is 54.7 Å². The molecule has 0 bridgehead atoms. The third-order valence-corrected chi connectivity index (χ3v) is 9.42. The highest BCUT2D eigenvalue weighted by atomic mass is 35.5. The van der Waals surface area contributed by atoms with Crippen molar-refractivity contribution in [2.75, 3.05) is 50.5 Å². The minimum atomic E-state index is -0.929. The second-order valence-electron chi connectivity index (χ2n) is 10.6. The quantitative estimate of drug-likeness (QED) is 0.295. The fraction of sp³-hybridized carbons (Fsp3) is 0.393. The number of rotatable bonds is 7. The van der Waals surface area contributed by atoms with Crippen LogP contribution in [-0.2, 0) is 0 Å². The Morgan fingerprint density at radius 3 is 2.90 bits per heavy atom. The monoisotopic (exact) mass is 601 g/mol. The fourth-order valence-corrected chi connectivity index (χ4v) is 7.46. The van der Waals surface area contributed by atoms with Gasteiger partial charge in [0.25, 0.3) is 0 Å². The third kappa shape index (κ3) is 4.52. The van der Waals surface area contributed by atoms with E-state index in [0.717, 1.165) is 30.7 Å².